The lowest BCUT2D eigenvalue weighted by molar-refractivity contribution is 0.447. The van der Waals surface area contributed by atoms with Gasteiger partial charge in [0.1, 0.15) is 5.82 Å². The third-order valence-corrected chi connectivity index (χ3v) is 4.10. The minimum Gasteiger partial charge on any atom is -0.353 e. The van der Waals surface area contributed by atoms with Gasteiger partial charge in [0.05, 0.1) is 4.47 Å². The maximum atomic E-state index is 5.89. The van der Waals surface area contributed by atoms with E-state index in [0.717, 1.165) is 29.1 Å². The van der Waals surface area contributed by atoms with E-state index in [1.807, 2.05) is 6.20 Å². The second kappa shape index (κ2) is 6.05. The molecule has 0 aromatic carbocycles. The number of rotatable bonds is 3. The number of anilines is 1. The molecule has 1 atom stereocenters. The minimum atomic E-state index is 0.549. The van der Waals surface area contributed by atoms with Crippen LogP contribution in [0.4, 0.5) is 5.82 Å². The number of nitrogens with zero attached hydrogens (tertiary/aromatic N) is 2. The average molecular weight is 318 g/mol. The van der Waals surface area contributed by atoms with Crippen LogP contribution in [0.5, 0.6) is 0 Å². The van der Waals surface area contributed by atoms with Crippen LogP contribution in [0.1, 0.15) is 31.2 Å². The molecule has 17 heavy (non-hydrogen) atoms. The van der Waals surface area contributed by atoms with Gasteiger partial charge in [0.15, 0.2) is 0 Å². The Kier molecular flexibility index (Phi) is 4.69. The molecule has 2 rings (SSSR count). The van der Waals surface area contributed by atoms with E-state index >= 15 is 0 Å². The maximum absolute atomic E-state index is 5.89. The van der Waals surface area contributed by atoms with Crippen molar-refractivity contribution in [3.8, 4) is 0 Å². The summed E-state index contributed by atoms with van der Waals surface area (Å²) in [4.78, 5) is 6.98. The van der Waals surface area contributed by atoms with Gasteiger partial charge in [0.25, 0.3) is 0 Å². The topological polar surface area (TPSA) is 16.1 Å². The fourth-order valence-corrected chi connectivity index (χ4v) is 3.39. The van der Waals surface area contributed by atoms with Gasteiger partial charge in [-0.2, -0.15) is 0 Å². The molecule has 0 N–H and O–H groups in total. The molecule has 0 radical (unpaired) electrons. The average Bonchev–Trinajstić information content (AvgIpc) is 2.31. The first-order valence-electron chi connectivity index (χ1n) is 6.17. The van der Waals surface area contributed by atoms with Gasteiger partial charge < -0.3 is 4.90 Å². The summed E-state index contributed by atoms with van der Waals surface area (Å²) in [6, 6.07) is 2.68. The van der Waals surface area contributed by atoms with Crippen molar-refractivity contribution in [1.29, 1.82) is 0 Å². The molecule has 1 aliphatic heterocycles. The molecule has 2 nitrogen and oxygen atoms in total. The molecule has 94 valence electrons. The van der Waals surface area contributed by atoms with Crippen LogP contribution >= 0.6 is 27.5 Å². The fraction of sp³-hybridized carbons (Fsp3) is 0.615. The normalized spacial score (nSPS) is 20.6. The molecular formula is C13H18BrClN2. The lowest BCUT2D eigenvalue weighted by Gasteiger charge is -2.37. The number of aryl methyl sites for hydroxylation is 1. The van der Waals surface area contributed by atoms with Gasteiger partial charge >= 0.3 is 0 Å². The minimum absolute atomic E-state index is 0.549. The Balaban J connectivity index is 2.23. The lowest BCUT2D eigenvalue weighted by atomic mass is 10.00. The van der Waals surface area contributed by atoms with Gasteiger partial charge in [-0.15, -0.1) is 11.6 Å². The summed E-state index contributed by atoms with van der Waals surface area (Å²) in [6.45, 7) is 3.16. The SMILES string of the molecule is Cc1cnc(N2CCCCC2CCCl)c(Br)c1. The third kappa shape index (κ3) is 3.14. The molecule has 2 heterocycles. The number of pyridine rings is 1. The van der Waals surface area contributed by atoms with Crippen molar-refractivity contribution in [3.63, 3.8) is 0 Å². The molecule has 0 bridgehead atoms. The number of halogens is 2. The first kappa shape index (κ1) is 13.2. The standard InChI is InChI=1S/C13H18BrClN2/c1-10-8-12(14)13(16-9-10)17-7-3-2-4-11(17)5-6-15/h8-9,11H,2-7H2,1H3. The fourth-order valence-electron chi connectivity index (χ4n) is 2.44. The predicted octanol–water partition coefficient (Wildman–Crippen LogP) is 4.14. The van der Waals surface area contributed by atoms with E-state index in [1.165, 1.54) is 24.8 Å². The predicted molar refractivity (Wildman–Crippen MR) is 77.0 cm³/mol. The third-order valence-electron chi connectivity index (χ3n) is 3.30. The van der Waals surface area contributed by atoms with Crippen LogP contribution in [-0.2, 0) is 0 Å². The van der Waals surface area contributed by atoms with Gasteiger partial charge in [0, 0.05) is 24.7 Å². The zero-order valence-electron chi connectivity index (χ0n) is 10.1. The smallest absolute Gasteiger partial charge is 0.143 e. The summed E-state index contributed by atoms with van der Waals surface area (Å²) in [5.41, 5.74) is 1.19. The number of alkyl halides is 1. The van der Waals surface area contributed by atoms with Crippen LogP contribution in [0.15, 0.2) is 16.7 Å². The Bertz CT molecular complexity index is 382. The van der Waals surface area contributed by atoms with E-state index in [-0.39, 0.29) is 0 Å². The molecular weight excluding hydrogens is 300 g/mol. The van der Waals surface area contributed by atoms with Gasteiger partial charge in [-0.05, 0) is 60.2 Å². The van der Waals surface area contributed by atoms with Crippen molar-refractivity contribution >= 4 is 33.3 Å². The highest BCUT2D eigenvalue weighted by Gasteiger charge is 2.24. The van der Waals surface area contributed by atoms with E-state index in [9.17, 15) is 0 Å². The van der Waals surface area contributed by atoms with Crippen molar-refractivity contribution in [2.45, 2.75) is 38.6 Å². The summed E-state index contributed by atoms with van der Waals surface area (Å²) in [7, 11) is 0. The molecule has 0 aliphatic carbocycles. The first-order valence-corrected chi connectivity index (χ1v) is 7.50. The molecule has 4 heteroatoms. The Labute approximate surface area is 116 Å². The van der Waals surface area contributed by atoms with E-state index in [4.69, 9.17) is 11.6 Å². The largest absolute Gasteiger partial charge is 0.353 e. The number of aromatic nitrogens is 1. The van der Waals surface area contributed by atoms with Gasteiger partial charge in [-0.25, -0.2) is 4.98 Å². The molecule has 1 unspecified atom stereocenters. The van der Waals surface area contributed by atoms with Crippen molar-refractivity contribution in [2.24, 2.45) is 0 Å². The Hall–Kier alpha value is -0.280. The summed E-state index contributed by atoms with van der Waals surface area (Å²) in [5, 5.41) is 0. The summed E-state index contributed by atoms with van der Waals surface area (Å²) in [6.07, 6.45) is 6.77. The zero-order chi connectivity index (χ0) is 12.3. The molecule has 1 fully saturated rings. The maximum Gasteiger partial charge on any atom is 0.143 e. The van der Waals surface area contributed by atoms with Crippen molar-refractivity contribution < 1.29 is 0 Å². The molecule has 0 saturated carbocycles. The van der Waals surface area contributed by atoms with Gasteiger partial charge in [-0.3, -0.25) is 0 Å². The quantitative estimate of drug-likeness (QED) is 0.779. The zero-order valence-corrected chi connectivity index (χ0v) is 12.5. The molecule has 1 aromatic rings. The van der Waals surface area contributed by atoms with Gasteiger partial charge in [-0.1, -0.05) is 0 Å². The van der Waals surface area contributed by atoms with Crippen LogP contribution in [0.3, 0.4) is 0 Å². The summed E-state index contributed by atoms with van der Waals surface area (Å²) < 4.78 is 1.10. The molecule has 0 amide bonds. The highest BCUT2D eigenvalue weighted by atomic mass is 79.9. The van der Waals surface area contributed by atoms with E-state index < -0.39 is 0 Å². The highest BCUT2D eigenvalue weighted by Crippen LogP contribution is 2.31. The first-order chi connectivity index (χ1) is 8.22. The molecule has 1 aliphatic rings. The summed E-state index contributed by atoms with van der Waals surface area (Å²) >= 11 is 9.52. The number of hydrogen-bond donors (Lipinski definition) is 0. The Morgan fingerprint density at radius 3 is 3.06 bits per heavy atom. The second-order valence-corrected chi connectivity index (χ2v) is 5.87. The van der Waals surface area contributed by atoms with Crippen molar-refractivity contribution in [2.75, 3.05) is 17.3 Å². The molecule has 1 saturated heterocycles. The monoisotopic (exact) mass is 316 g/mol. The van der Waals surface area contributed by atoms with E-state index in [2.05, 4.69) is 38.8 Å². The van der Waals surface area contributed by atoms with E-state index in [0.29, 0.717) is 6.04 Å². The lowest BCUT2D eigenvalue weighted by Crippen LogP contribution is -2.40. The second-order valence-electron chi connectivity index (χ2n) is 4.64. The van der Waals surface area contributed by atoms with E-state index in [1.54, 1.807) is 0 Å². The van der Waals surface area contributed by atoms with Crippen LogP contribution in [-0.4, -0.2) is 23.5 Å². The molecule has 0 spiro atoms. The highest BCUT2D eigenvalue weighted by molar-refractivity contribution is 9.10. The van der Waals surface area contributed by atoms with Gasteiger partial charge in [0.2, 0.25) is 0 Å². The Morgan fingerprint density at radius 1 is 1.53 bits per heavy atom. The summed E-state index contributed by atoms with van der Waals surface area (Å²) in [5.74, 6) is 1.80. The van der Waals surface area contributed by atoms with Crippen LogP contribution in [0.25, 0.3) is 0 Å². The van der Waals surface area contributed by atoms with Crippen molar-refractivity contribution in [3.05, 3.63) is 22.3 Å². The number of piperidine rings is 1. The van der Waals surface area contributed by atoms with Crippen LogP contribution in [0.2, 0.25) is 0 Å². The van der Waals surface area contributed by atoms with Crippen molar-refractivity contribution in [1.82, 2.24) is 4.98 Å². The van der Waals surface area contributed by atoms with Crippen LogP contribution < -0.4 is 4.90 Å². The number of hydrogen-bond acceptors (Lipinski definition) is 2. The van der Waals surface area contributed by atoms with Crippen LogP contribution in [0, 0.1) is 6.92 Å². The Morgan fingerprint density at radius 2 is 2.35 bits per heavy atom. The molecule has 1 aromatic heterocycles.